The van der Waals surface area contributed by atoms with Gasteiger partial charge in [-0.1, -0.05) is 12.1 Å². The fourth-order valence-corrected chi connectivity index (χ4v) is 3.50. The molecule has 1 aliphatic rings. The quantitative estimate of drug-likeness (QED) is 0.719. The van der Waals surface area contributed by atoms with Crippen molar-refractivity contribution in [1.82, 2.24) is 14.9 Å². The van der Waals surface area contributed by atoms with Gasteiger partial charge in [0.05, 0.1) is 23.9 Å². The Morgan fingerprint density at radius 2 is 2.07 bits per heavy atom. The number of nitrogens with one attached hydrogen (secondary N) is 1. The lowest BCUT2D eigenvalue weighted by molar-refractivity contribution is 0.0601. The third kappa shape index (κ3) is 3.61. The van der Waals surface area contributed by atoms with Crippen LogP contribution in [0.5, 0.6) is 0 Å². The summed E-state index contributed by atoms with van der Waals surface area (Å²) in [5.74, 6) is -0.341. The largest absolute Gasteiger partial charge is 0.465 e. The third-order valence-corrected chi connectivity index (χ3v) is 4.96. The van der Waals surface area contributed by atoms with Gasteiger partial charge in [-0.15, -0.1) is 0 Å². The molecule has 0 amide bonds. The van der Waals surface area contributed by atoms with Gasteiger partial charge < -0.3 is 15.0 Å². The van der Waals surface area contributed by atoms with Crippen LogP contribution in [0, 0.1) is 0 Å². The number of carbonyl (C=O) groups is 1. The molecule has 0 saturated carbocycles. The van der Waals surface area contributed by atoms with E-state index in [-0.39, 0.29) is 5.97 Å². The number of ether oxygens (including phenoxy) is 1. The SMILES string of the molecule is COC(=O)c1ccc(-c2cc(NC3CCN(C)C3)c3cnccc3n2)cc1. The normalized spacial score (nSPS) is 17.2. The average Bonchev–Trinajstić information content (AvgIpc) is 3.12. The van der Waals surface area contributed by atoms with Gasteiger partial charge in [-0.2, -0.15) is 0 Å². The van der Waals surface area contributed by atoms with Gasteiger partial charge in [-0.25, -0.2) is 9.78 Å². The molecule has 138 valence electrons. The first-order valence-electron chi connectivity index (χ1n) is 9.02. The van der Waals surface area contributed by atoms with Gasteiger partial charge in [-0.05, 0) is 44.3 Å². The van der Waals surface area contributed by atoms with Crippen LogP contribution >= 0.6 is 0 Å². The number of fused-ring (bicyclic) bond motifs is 1. The van der Waals surface area contributed by atoms with Crippen LogP contribution in [0.4, 0.5) is 5.69 Å². The summed E-state index contributed by atoms with van der Waals surface area (Å²) in [6, 6.07) is 11.7. The molecule has 3 heterocycles. The van der Waals surface area contributed by atoms with Gasteiger partial charge >= 0.3 is 5.97 Å². The summed E-state index contributed by atoms with van der Waals surface area (Å²) in [7, 11) is 3.52. The minimum atomic E-state index is -0.341. The number of pyridine rings is 2. The smallest absolute Gasteiger partial charge is 0.337 e. The Hall–Kier alpha value is -2.99. The van der Waals surface area contributed by atoms with Crippen molar-refractivity contribution in [3.63, 3.8) is 0 Å². The Balaban J connectivity index is 1.71. The summed E-state index contributed by atoms with van der Waals surface area (Å²) in [5, 5.41) is 4.68. The molecule has 1 saturated heterocycles. The highest BCUT2D eigenvalue weighted by atomic mass is 16.5. The van der Waals surface area contributed by atoms with Gasteiger partial charge in [-0.3, -0.25) is 4.98 Å². The van der Waals surface area contributed by atoms with E-state index in [1.54, 1.807) is 18.3 Å². The molecule has 0 bridgehead atoms. The molecule has 2 aromatic heterocycles. The van der Waals surface area contributed by atoms with Crippen LogP contribution in [0.1, 0.15) is 16.8 Å². The minimum Gasteiger partial charge on any atom is -0.465 e. The van der Waals surface area contributed by atoms with E-state index in [2.05, 4.69) is 28.3 Å². The maximum absolute atomic E-state index is 11.7. The van der Waals surface area contributed by atoms with E-state index in [1.165, 1.54) is 7.11 Å². The van der Waals surface area contributed by atoms with Gasteiger partial charge in [0.25, 0.3) is 0 Å². The zero-order valence-electron chi connectivity index (χ0n) is 15.5. The molecule has 1 unspecified atom stereocenters. The zero-order chi connectivity index (χ0) is 18.8. The van der Waals surface area contributed by atoms with E-state index >= 15 is 0 Å². The highest BCUT2D eigenvalue weighted by Crippen LogP contribution is 2.29. The number of hydrogen-bond acceptors (Lipinski definition) is 6. The van der Waals surface area contributed by atoms with Gasteiger partial charge in [0.15, 0.2) is 0 Å². The second kappa shape index (κ2) is 7.32. The Morgan fingerprint density at radius 3 is 2.78 bits per heavy atom. The summed E-state index contributed by atoms with van der Waals surface area (Å²) >= 11 is 0. The highest BCUT2D eigenvalue weighted by Gasteiger charge is 2.20. The molecule has 27 heavy (non-hydrogen) atoms. The lowest BCUT2D eigenvalue weighted by Gasteiger charge is -2.17. The summed E-state index contributed by atoms with van der Waals surface area (Å²) in [6.07, 6.45) is 4.73. The van der Waals surface area contributed by atoms with Crippen molar-refractivity contribution in [3.8, 4) is 11.3 Å². The molecule has 1 atom stereocenters. The first-order valence-corrected chi connectivity index (χ1v) is 9.02. The zero-order valence-corrected chi connectivity index (χ0v) is 15.5. The predicted molar refractivity (Wildman–Crippen MR) is 106 cm³/mol. The Morgan fingerprint density at radius 1 is 1.26 bits per heavy atom. The number of rotatable bonds is 4. The molecule has 1 aliphatic heterocycles. The molecule has 0 radical (unpaired) electrons. The molecule has 1 fully saturated rings. The van der Waals surface area contributed by atoms with Crippen molar-refractivity contribution in [1.29, 1.82) is 0 Å². The second-order valence-electron chi connectivity index (χ2n) is 6.91. The number of benzene rings is 1. The Labute approximate surface area is 158 Å². The molecule has 6 heteroatoms. The molecule has 1 N–H and O–H groups in total. The first-order chi connectivity index (χ1) is 13.1. The Kier molecular flexibility index (Phi) is 4.73. The van der Waals surface area contributed by atoms with E-state index in [4.69, 9.17) is 9.72 Å². The summed E-state index contributed by atoms with van der Waals surface area (Å²) in [4.78, 5) is 23.0. The van der Waals surface area contributed by atoms with E-state index in [9.17, 15) is 4.79 Å². The number of nitrogens with zero attached hydrogens (tertiary/aromatic N) is 3. The van der Waals surface area contributed by atoms with Crippen LogP contribution in [-0.2, 0) is 4.74 Å². The standard InChI is InChI=1S/C21H22N4O2/c1-25-10-8-16(13-25)23-20-11-19(24-18-7-9-22-12-17(18)20)14-3-5-15(6-4-14)21(26)27-2/h3-7,9,11-12,16H,8,10,13H2,1-2H3,(H,23,24). The van der Waals surface area contributed by atoms with Crippen LogP contribution in [0.25, 0.3) is 22.2 Å². The molecule has 0 spiro atoms. The summed E-state index contributed by atoms with van der Waals surface area (Å²) in [5.41, 5.74) is 4.28. The van der Waals surface area contributed by atoms with E-state index in [0.29, 0.717) is 11.6 Å². The second-order valence-corrected chi connectivity index (χ2v) is 6.91. The van der Waals surface area contributed by atoms with Gasteiger partial charge in [0, 0.05) is 41.6 Å². The number of methoxy groups -OCH3 is 1. The number of hydrogen-bond donors (Lipinski definition) is 1. The van der Waals surface area contributed by atoms with Gasteiger partial charge in [0.1, 0.15) is 0 Å². The fourth-order valence-electron chi connectivity index (χ4n) is 3.50. The van der Waals surface area contributed by atoms with Crippen molar-refractivity contribution in [2.24, 2.45) is 0 Å². The molecule has 4 rings (SSSR count). The first kappa shape index (κ1) is 17.4. The number of carbonyl (C=O) groups excluding carboxylic acids is 1. The van der Waals surface area contributed by atoms with Crippen molar-refractivity contribution >= 4 is 22.6 Å². The van der Waals surface area contributed by atoms with E-state index in [1.807, 2.05) is 24.4 Å². The monoisotopic (exact) mass is 362 g/mol. The Bertz CT molecular complexity index is 972. The third-order valence-electron chi connectivity index (χ3n) is 4.96. The number of esters is 1. The van der Waals surface area contributed by atoms with Crippen molar-refractivity contribution in [3.05, 3.63) is 54.4 Å². The topological polar surface area (TPSA) is 67.3 Å². The molecular formula is C21H22N4O2. The van der Waals surface area contributed by atoms with Crippen LogP contribution in [-0.4, -0.2) is 54.1 Å². The molecule has 0 aliphatic carbocycles. The number of likely N-dealkylation sites (N-methyl/N-ethyl adjacent to an activating group) is 1. The fraction of sp³-hybridized carbons (Fsp3) is 0.286. The lowest BCUT2D eigenvalue weighted by Crippen LogP contribution is -2.23. The summed E-state index contributed by atoms with van der Waals surface area (Å²) in [6.45, 7) is 2.12. The number of likely N-dealkylation sites (tertiary alicyclic amines) is 1. The molecule has 3 aromatic rings. The number of anilines is 1. The maximum atomic E-state index is 11.7. The van der Waals surface area contributed by atoms with E-state index < -0.39 is 0 Å². The van der Waals surface area contributed by atoms with Crippen molar-refractivity contribution < 1.29 is 9.53 Å². The van der Waals surface area contributed by atoms with E-state index in [0.717, 1.165) is 47.4 Å². The van der Waals surface area contributed by atoms with Crippen LogP contribution in [0.2, 0.25) is 0 Å². The molecule has 6 nitrogen and oxygen atoms in total. The number of aromatic nitrogens is 2. The predicted octanol–water partition coefficient (Wildman–Crippen LogP) is 3.20. The lowest BCUT2D eigenvalue weighted by atomic mass is 10.1. The van der Waals surface area contributed by atoms with Crippen molar-refractivity contribution in [2.45, 2.75) is 12.5 Å². The summed E-state index contributed by atoms with van der Waals surface area (Å²) < 4.78 is 4.77. The van der Waals surface area contributed by atoms with Gasteiger partial charge in [0.2, 0.25) is 0 Å². The average molecular weight is 362 g/mol. The van der Waals surface area contributed by atoms with Crippen LogP contribution in [0.15, 0.2) is 48.8 Å². The van der Waals surface area contributed by atoms with Crippen molar-refractivity contribution in [2.75, 3.05) is 32.6 Å². The minimum absolute atomic E-state index is 0.341. The molecule has 1 aromatic carbocycles. The van der Waals surface area contributed by atoms with Crippen LogP contribution in [0.3, 0.4) is 0 Å². The maximum Gasteiger partial charge on any atom is 0.337 e. The highest BCUT2D eigenvalue weighted by molar-refractivity contribution is 5.94. The molecular weight excluding hydrogens is 340 g/mol. The van der Waals surface area contributed by atoms with Crippen LogP contribution < -0.4 is 5.32 Å².